The first-order chi connectivity index (χ1) is 15.8. The number of nitrogens with one attached hydrogen (secondary N) is 2. The summed E-state index contributed by atoms with van der Waals surface area (Å²) in [6.07, 6.45) is 0. The molecule has 0 unspecified atom stereocenters. The lowest BCUT2D eigenvalue weighted by molar-refractivity contribution is 0.0924. The van der Waals surface area contributed by atoms with Crippen LogP contribution in [0.15, 0.2) is 60.7 Å². The summed E-state index contributed by atoms with van der Waals surface area (Å²) < 4.78 is 5.07. The summed E-state index contributed by atoms with van der Waals surface area (Å²) in [6.45, 7) is 0. The number of amides is 3. The van der Waals surface area contributed by atoms with Crippen molar-refractivity contribution in [3.05, 3.63) is 87.4 Å². The van der Waals surface area contributed by atoms with Gasteiger partial charge in [-0.2, -0.15) is 0 Å². The predicted octanol–water partition coefficient (Wildman–Crippen LogP) is 4.93. The van der Waals surface area contributed by atoms with E-state index in [0.29, 0.717) is 22.5 Å². The summed E-state index contributed by atoms with van der Waals surface area (Å²) in [5, 5.41) is 5.77. The average Bonchev–Trinajstić information content (AvgIpc) is 3.04. The molecule has 0 saturated heterocycles. The van der Waals surface area contributed by atoms with Gasteiger partial charge in [-0.25, -0.2) is 4.90 Å². The van der Waals surface area contributed by atoms with Crippen LogP contribution in [-0.4, -0.2) is 29.9 Å². The summed E-state index contributed by atoms with van der Waals surface area (Å²) in [7, 11) is 1.42. The Labute approximate surface area is 204 Å². The Morgan fingerprint density at radius 1 is 0.939 bits per heavy atom. The second-order valence-electron chi connectivity index (χ2n) is 6.92. The Kier molecular flexibility index (Phi) is 6.33. The number of anilines is 2. The molecule has 3 aromatic carbocycles. The molecule has 0 aromatic heterocycles. The van der Waals surface area contributed by atoms with E-state index in [1.807, 2.05) is 0 Å². The van der Waals surface area contributed by atoms with Crippen molar-refractivity contribution in [1.82, 2.24) is 5.32 Å². The van der Waals surface area contributed by atoms with Crippen LogP contribution in [0.2, 0.25) is 10.0 Å². The number of ether oxygens (including phenoxy) is 1. The molecule has 0 aliphatic carbocycles. The zero-order valence-electron chi connectivity index (χ0n) is 17.0. The maximum Gasteiger partial charge on any atom is 0.266 e. The quantitative estimate of drug-likeness (QED) is 0.390. The Hall–Kier alpha value is -3.46. The lowest BCUT2D eigenvalue weighted by atomic mass is 10.1. The third kappa shape index (κ3) is 4.41. The highest BCUT2D eigenvalue weighted by atomic mass is 35.5. The van der Waals surface area contributed by atoms with Crippen molar-refractivity contribution in [2.45, 2.75) is 0 Å². The molecule has 3 aromatic rings. The van der Waals surface area contributed by atoms with E-state index >= 15 is 0 Å². The van der Waals surface area contributed by atoms with Crippen molar-refractivity contribution >= 4 is 69.6 Å². The van der Waals surface area contributed by atoms with Crippen molar-refractivity contribution < 1.29 is 19.1 Å². The Morgan fingerprint density at radius 2 is 1.55 bits per heavy atom. The van der Waals surface area contributed by atoms with Crippen LogP contribution in [0.4, 0.5) is 11.4 Å². The molecule has 0 fully saturated rings. The summed E-state index contributed by atoms with van der Waals surface area (Å²) >= 11 is 17.4. The molecule has 166 valence electrons. The van der Waals surface area contributed by atoms with Crippen LogP contribution in [0.3, 0.4) is 0 Å². The number of hydrogen-bond acceptors (Lipinski definition) is 5. The van der Waals surface area contributed by atoms with Crippen LogP contribution in [0, 0.1) is 0 Å². The van der Waals surface area contributed by atoms with Gasteiger partial charge in [0.2, 0.25) is 0 Å². The van der Waals surface area contributed by atoms with Crippen molar-refractivity contribution in [2.75, 3.05) is 17.3 Å². The second kappa shape index (κ2) is 9.19. The molecule has 1 aliphatic rings. The van der Waals surface area contributed by atoms with E-state index < -0.39 is 17.7 Å². The number of fused-ring (bicyclic) bond motifs is 1. The van der Waals surface area contributed by atoms with Gasteiger partial charge in [0.1, 0.15) is 0 Å². The van der Waals surface area contributed by atoms with Gasteiger partial charge in [-0.05, 0) is 54.7 Å². The fourth-order valence-corrected chi connectivity index (χ4v) is 4.22. The van der Waals surface area contributed by atoms with E-state index in [4.69, 9.17) is 40.2 Å². The smallest absolute Gasteiger partial charge is 0.266 e. The van der Waals surface area contributed by atoms with Gasteiger partial charge >= 0.3 is 0 Å². The first-order valence-electron chi connectivity index (χ1n) is 9.53. The van der Waals surface area contributed by atoms with Crippen molar-refractivity contribution in [3.8, 4) is 5.75 Å². The molecule has 7 nitrogen and oxygen atoms in total. The lowest BCUT2D eigenvalue weighted by Gasteiger charge is -2.16. The van der Waals surface area contributed by atoms with Gasteiger partial charge in [0.15, 0.2) is 10.9 Å². The van der Waals surface area contributed by atoms with Gasteiger partial charge in [0, 0.05) is 11.3 Å². The fourth-order valence-electron chi connectivity index (χ4n) is 3.37. The Bertz CT molecular complexity index is 1270. The third-order valence-corrected chi connectivity index (χ3v) is 5.61. The van der Waals surface area contributed by atoms with E-state index in [1.165, 1.54) is 19.2 Å². The van der Waals surface area contributed by atoms with E-state index in [9.17, 15) is 14.4 Å². The van der Waals surface area contributed by atoms with Crippen LogP contribution in [0.1, 0.15) is 31.1 Å². The molecule has 4 rings (SSSR count). The number of halogens is 2. The van der Waals surface area contributed by atoms with Gasteiger partial charge < -0.3 is 10.1 Å². The SMILES string of the molecule is COc1c(Cl)cc(C(=O)NC(=S)Nc2cccc(N3C(=O)c4ccccc4C3=O)c2)cc1Cl. The number of hydrogen-bond donors (Lipinski definition) is 2. The first kappa shape index (κ1) is 22.7. The molecule has 2 N–H and O–H groups in total. The van der Waals surface area contributed by atoms with Crippen LogP contribution >= 0.6 is 35.4 Å². The highest BCUT2D eigenvalue weighted by Crippen LogP contribution is 2.34. The van der Waals surface area contributed by atoms with Gasteiger partial charge in [-0.15, -0.1) is 0 Å². The molecule has 10 heteroatoms. The zero-order chi connectivity index (χ0) is 23.7. The van der Waals surface area contributed by atoms with E-state index in [2.05, 4.69) is 10.6 Å². The van der Waals surface area contributed by atoms with Crippen molar-refractivity contribution in [2.24, 2.45) is 0 Å². The summed E-state index contributed by atoms with van der Waals surface area (Å²) in [5.74, 6) is -1.08. The van der Waals surface area contributed by atoms with Crippen LogP contribution in [0.5, 0.6) is 5.75 Å². The molecule has 0 radical (unpaired) electrons. The predicted molar refractivity (Wildman–Crippen MR) is 131 cm³/mol. The monoisotopic (exact) mass is 499 g/mol. The first-order valence-corrected chi connectivity index (χ1v) is 10.7. The molecule has 0 atom stereocenters. The number of methoxy groups -OCH3 is 1. The summed E-state index contributed by atoms with van der Waals surface area (Å²) in [4.78, 5) is 39.1. The van der Waals surface area contributed by atoms with Gasteiger partial charge in [0.25, 0.3) is 17.7 Å². The number of rotatable bonds is 4. The molecule has 1 aliphatic heterocycles. The van der Waals surface area contributed by atoms with Crippen LogP contribution in [-0.2, 0) is 0 Å². The number of carbonyl (C=O) groups excluding carboxylic acids is 3. The number of carbonyl (C=O) groups is 3. The largest absolute Gasteiger partial charge is 0.494 e. The number of thiocarbonyl (C=S) groups is 1. The third-order valence-electron chi connectivity index (χ3n) is 4.85. The minimum atomic E-state index is -0.532. The Morgan fingerprint density at radius 3 is 2.12 bits per heavy atom. The molecule has 0 spiro atoms. The van der Waals surface area contributed by atoms with E-state index in [1.54, 1.807) is 48.5 Å². The summed E-state index contributed by atoms with van der Waals surface area (Å²) in [5.41, 5.74) is 1.73. The van der Waals surface area contributed by atoms with Crippen LogP contribution in [0.25, 0.3) is 0 Å². The molecule has 0 saturated carbocycles. The molecule has 0 bridgehead atoms. The van der Waals surface area contributed by atoms with Crippen molar-refractivity contribution in [1.29, 1.82) is 0 Å². The van der Waals surface area contributed by atoms with Gasteiger partial charge in [-0.3, -0.25) is 19.7 Å². The maximum absolute atomic E-state index is 12.7. The minimum absolute atomic E-state index is 0.00238. The van der Waals surface area contributed by atoms with Gasteiger partial charge in [0.05, 0.1) is 34.0 Å². The average molecular weight is 500 g/mol. The number of benzene rings is 3. The molecule has 3 amide bonds. The normalized spacial score (nSPS) is 12.4. The molecular weight excluding hydrogens is 485 g/mol. The minimum Gasteiger partial charge on any atom is -0.494 e. The highest BCUT2D eigenvalue weighted by Gasteiger charge is 2.36. The topological polar surface area (TPSA) is 87.7 Å². The number of nitrogens with zero attached hydrogens (tertiary/aromatic N) is 1. The van der Waals surface area contributed by atoms with Gasteiger partial charge in [-0.1, -0.05) is 41.4 Å². The Balaban J connectivity index is 1.48. The zero-order valence-corrected chi connectivity index (χ0v) is 19.3. The highest BCUT2D eigenvalue weighted by molar-refractivity contribution is 7.80. The van der Waals surface area contributed by atoms with Crippen molar-refractivity contribution in [3.63, 3.8) is 0 Å². The number of imide groups is 1. The lowest BCUT2D eigenvalue weighted by Crippen LogP contribution is -2.34. The molecule has 1 heterocycles. The summed E-state index contributed by atoms with van der Waals surface area (Å²) in [6, 6.07) is 16.0. The molecular formula is C23H15Cl2N3O4S. The fraction of sp³-hybridized carbons (Fsp3) is 0.0435. The van der Waals surface area contributed by atoms with E-state index in [-0.39, 0.29) is 26.5 Å². The standard InChI is InChI=1S/C23H15Cl2N3O4S/c1-32-19-17(24)9-12(10-18(19)25)20(29)27-23(33)26-13-5-4-6-14(11-13)28-21(30)15-7-2-3-8-16(15)22(28)31/h2-11H,1H3,(H2,26,27,29,33). The van der Waals surface area contributed by atoms with E-state index in [0.717, 1.165) is 4.90 Å². The molecule has 33 heavy (non-hydrogen) atoms. The maximum atomic E-state index is 12.7. The van der Waals surface area contributed by atoms with Crippen LogP contribution < -0.4 is 20.3 Å². The second-order valence-corrected chi connectivity index (χ2v) is 8.15.